The number of rotatable bonds is 2. The molecule has 1 aliphatic rings. The fourth-order valence-electron chi connectivity index (χ4n) is 2.14. The van der Waals surface area contributed by atoms with Crippen molar-refractivity contribution in [3.05, 3.63) is 47.8 Å². The molecule has 0 amide bonds. The zero-order chi connectivity index (χ0) is 15.5. The number of hydrogen-bond donors (Lipinski definition) is 2. The van der Waals surface area contributed by atoms with Crippen LogP contribution in [0.2, 0.25) is 0 Å². The molecular formula is C16H15FN2O2S. The van der Waals surface area contributed by atoms with Gasteiger partial charge in [-0.3, -0.25) is 0 Å². The van der Waals surface area contributed by atoms with Gasteiger partial charge in [0.05, 0.1) is 5.69 Å². The molecule has 0 spiro atoms. The van der Waals surface area contributed by atoms with E-state index in [0.717, 1.165) is 11.3 Å². The van der Waals surface area contributed by atoms with Crippen molar-refractivity contribution in [1.29, 1.82) is 0 Å². The molecule has 114 valence electrons. The predicted octanol–water partition coefficient (Wildman–Crippen LogP) is 3.71. The van der Waals surface area contributed by atoms with E-state index in [0.29, 0.717) is 35.5 Å². The second kappa shape index (κ2) is 6.19. The smallest absolute Gasteiger partial charge is 0.175 e. The quantitative estimate of drug-likeness (QED) is 0.826. The molecule has 0 aromatic heterocycles. The summed E-state index contributed by atoms with van der Waals surface area (Å²) in [5, 5.41) is 6.16. The number of thiocarbonyl (C=S) groups is 1. The van der Waals surface area contributed by atoms with E-state index >= 15 is 0 Å². The van der Waals surface area contributed by atoms with Crippen LogP contribution < -0.4 is 20.1 Å². The van der Waals surface area contributed by atoms with Gasteiger partial charge in [0, 0.05) is 11.8 Å². The minimum atomic E-state index is -0.350. The molecule has 0 radical (unpaired) electrons. The van der Waals surface area contributed by atoms with Crippen molar-refractivity contribution < 1.29 is 13.9 Å². The van der Waals surface area contributed by atoms with Gasteiger partial charge in [-0.25, -0.2) is 4.39 Å². The highest BCUT2D eigenvalue weighted by Gasteiger charge is 2.12. The van der Waals surface area contributed by atoms with E-state index in [-0.39, 0.29) is 5.82 Å². The third kappa shape index (κ3) is 3.28. The first kappa shape index (κ1) is 14.6. The van der Waals surface area contributed by atoms with Gasteiger partial charge in [0.25, 0.3) is 0 Å². The summed E-state index contributed by atoms with van der Waals surface area (Å²) < 4.78 is 24.7. The van der Waals surface area contributed by atoms with Crippen molar-refractivity contribution in [3.63, 3.8) is 0 Å². The molecule has 0 bridgehead atoms. The zero-order valence-corrected chi connectivity index (χ0v) is 12.8. The number of fused-ring (bicyclic) bond motifs is 1. The van der Waals surface area contributed by atoms with Gasteiger partial charge in [-0.15, -0.1) is 0 Å². The second-order valence-electron chi connectivity index (χ2n) is 4.92. The number of nitrogens with one attached hydrogen (secondary N) is 2. The summed E-state index contributed by atoms with van der Waals surface area (Å²) in [5.74, 6) is 1.03. The van der Waals surface area contributed by atoms with Gasteiger partial charge in [0.15, 0.2) is 16.6 Å². The monoisotopic (exact) mass is 318 g/mol. The van der Waals surface area contributed by atoms with Crippen LogP contribution in [0.25, 0.3) is 0 Å². The van der Waals surface area contributed by atoms with E-state index in [1.54, 1.807) is 18.2 Å². The number of ether oxygens (including phenoxy) is 2. The molecule has 2 aromatic carbocycles. The molecule has 1 aliphatic heterocycles. The molecule has 3 rings (SSSR count). The Hall–Kier alpha value is -2.34. The molecule has 2 aromatic rings. The van der Waals surface area contributed by atoms with Gasteiger partial charge >= 0.3 is 0 Å². The fourth-order valence-corrected chi connectivity index (χ4v) is 2.37. The SMILES string of the molecule is Cc1ccc(F)c(NC(=S)Nc2ccc3c(c2)OCCO3)c1. The summed E-state index contributed by atoms with van der Waals surface area (Å²) >= 11 is 5.21. The standard InChI is InChI=1S/C16H15FN2O2S/c1-10-2-4-12(17)13(8-10)19-16(22)18-11-3-5-14-15(9-11)21-7-6-20-14/h2-5,8-9H,6-7H2,1H3,(H2,18,19,22). The predicted molar refractivity (Wildman–Crippen MR) is 88.4 cm³/mol. The minimum absolute atomic E-state index is 0.307. The average molecular weight is 318 g/mol. The van der Waals surface area contributed by atoms with Crippen LogP contribution in [-0.4, -0.2) is 18.3 Å². The summed E-state index contributed by atoms with van der Waals surface area (Å²) in [6, 6.07) is 10.3. The lowest BCUT2D eigenvalue weighted by Gasteiger charge is -2.19. The van der Waals surface area contributed by atoms with Crippen LogP contribution in [0.1, 0.15) is 5.56 Å². The maximum Gasteiger partial charge on any atom is 0.175 e. The van der Waals surface area contributed by atoms with Crippen LogP contribution in [0, 0.1) is 12.7 Å². The highest BCUT2D eigenvalue weighted by Crippen LogP contribution is 2.32. The largest absolute Gasteiger partial charge is 0.486 e. The van der Waals surface area contributed by atoms with E-state index in [9.17, 15) is 4.39 Å². The lowest BCUT2D eigenvalue weighted by molar-refractivity contribution is 0.171. The highest BCUT2D eigenvalue weighted by molar-refractivity contribution is 7.80. The molecule has 22 heavy (non-hydrogen) atoms. The molecule has 2 N–H and O–H groups in total. The third-order valence-electron chi connectivity index (χ3n) is 3.17. The Kier molecular flexibility index (Phi) is 4.11. The lowest BCUT2D eigenvalue weighted by atomic mass is 10.2. The first-order chi connectivity index (χ1) is 10.6. The van der Waals surface area contributed by atoms with E-state index in [1.807, 2.05) is 19.1 Å². The van der Waals surface area contributed by atoms with Gasteiger partial charge in [0.1, 0.15) is 19.0 Å². The molecule has 0 saturated carbocycles. The Bertz CT molecular complexity index is 721. The van der Waals surface area contributed by atoms with Crippen LogP contribution >= 0.6 is 12.2 Å². The topological polar surface area (TPSA) is 42.5 Å². The van der Waals surface area contributed by atoms with Crippen molar-refractivity contribution in [3.8, 4) is 11.5 Å². The normalized spacial score (nSPS) is 12.6. The maximum atomic E-state index is 13.7. The van der Waals surface area contributed by atoms with Gasteiger partial charge in [-0.1, -0.05) is 6.07 Å². The molecular weight excluding hydrogens is 303 g/mol. The third-order valence-corrected chi connectivity index (χ3v) is 3.37. The first-order valence-electron chi connectivity index (χ1n) is 6.85. The van der Waals surface area contributed by atoms with Crippen LogP contribution in [-0.2, 0) is 0 Å². The fraction of sp³-hybridized carbons (Fsp3) is 0.188. The molecule has 0 aliphatic carbocycles. The van der Waals surface area contributed by atoms with Crippen molar-refractivity contribution in [2.45, 2.75) is 6.92 Å². The zero-order valence-electron chi connectivity index (χ0n) is 12.0. The van der Waals surface area contributed by atoms with Gasteiger partial charge < -0.3 is 20.1 Å². The molecule has 4 nitrogen and oxygen atoms in total. The number of aryl methyl sites for hydroxylation is 1. The lowest BCUT2D eigenvalue weighted by Crippen LogP contribution is -2.20. The van der Waals surface area contributed by atoms with E-state index in [1.165, 1.54) is 6.07 Å². The van der Waals surface area contributed by atoms with Gasteiger partial charge in [-0.2, -0.15) is 0 Å². The van der Waals surface area contributed by atoms with Crippen molar-refractivity contribution in [2.75, 3.05) is 23.8 Å². The van der Waals surface area contributed by atoms with Gasteiger partial charge in [0.2, 0.25) is 0 Å². The van der Waals surface area contributed by atoms with Crippen molar-refractivity contribution >= 4 is 28.7 Å². The summed E-state index contributed by atoms with van der Waals surface area (Å²) in [6.45, 7) is 2.96. The molecule has 0 atom stereocenters. The number of benzene rings is 2. The Balaban J connectivity index is 1.70. The van der Waals surface area contributed by atoms with Crippen LogP contribution in [0.4, 0.5) is 15.8 Å². The highest BCUT2D eigenvalue weighted by atomic mass is 32.1. The number of anilines is 2. The van der Waals surface area contributed by atoms with Crippen LogP contribution in [0.5, 0.6) is 11.5 Å². The Morgan fingerprint density at radius 2 is 1.82 bits per heavy atom. The van der Waals surface area contributed by atoms with Gasteiger partial charge in [-0.05, 0) is 49.0 Å². The van der Waals surface area contributed by atoms with E-state index < -0.39 is 0 Å². The maximum absolute atomic E-state index is 13.7. The molecule has 1 heterocycles. The average Bonchev–Trinajstić information content (AvgIpc) is 2.51. The first-order valence-corrected chi connectivity index (χ1v) is 7.26. The summed E-state index contributed by atoms with van der Waals surface area (Å²) in [5.41, 5.74) is 2.04. The van der Waals surface area contributed by atoms with Crippen LogP contribution in [0.15, 0.2) is 36.4 Å². The summed E-state index contributed by atoms with van der Waals surface area (Å²) in [6.07, 6.45) is 0. The number of hydrogen-bond acceptors (Lipinski definition) is 3. The van der Waals surface area contributed by atoms with Crippen molar-refractivity contribution in [1.82, 2.24) is 0 Å². The van der Waals surface area contributed by atoms with E-state index in [2.05, 4.69) is 10.6 Å². The molecule has 0 saturated heterocycles. The van der Waals surface area contributed by atoms with E-state index in [4.69, 9.17) is 21.7 Å². The van der Waals surface area contributed by atoms with Crippen LogP contribution in [0.3, 0.4) is 0 Å². The van der Waals surface area contributed by atoms with Crippen molar-refractivity contribution in [2.24, 2.45) is 0 Å². The summed E-state index contributed by atoms with van der Waals surface area (Å²) in [7, 11) is 0. The number of halogens is 1. The second-order valence-corrected chi connectivity index (χ2v) is 5.33. The summed E-state index contributed by atoms with van der Waals surface area (Å²) in [4.78, 5) is 0. The molecule has 0 fully saturated rings. The molecule has 0 unspecified atom stereocenters. The molecule has 6 heteroatoms. The Morgan fingerprint density at radius 3 is 2.64 bits per heavy atom. The Labute approximate surface area is 133 Å². The minimum Gasteiger partial charge on any atom is -0.486 e. The Morgan fingerprint density at radius 1 is 1.05 bits per heavy atom.